The monoisotopic (exact) mass is 390 g/mol. The summed E-state index contributed by atoms with van der Waals surface area (Å²) in [6.07, 6.45) is 1.83. The number of pyridine rings is 1. The van der Waals surface area contributed by atoms with Gasteiger partial charge in [-0.2, -0.15) is 5.26 Å². The van der Waals surface area contributed by atoms with E-state index in [-0.39, 0.29) is 5.56 Å². The lowest BCUT2D eigenvalue weighted by Crippen LogP contribution is -2.36. The minimum absolute atomic E-state index is 0.170. The number of hydrogen-bond acceptors (Lipinski definition) is 7. The van der Waals surface area contributed by atoms with Crippen LogP contribution in [-0.2, 0) is 11.8 Å². The highest BCUT2D eigenvalue weighted by Gasteiger charge is 2.14. The first kappa shape index (κ1) is 18.9. The standard InChI is InChI=1S/C21H22N6O2/c1-26-14-24-18-13-17(25-20(19(18)21(26)28)23-8-2-7-22)15-3-5-16(6-4-15)27-9-11-29-12-10-27/h3-6,13-14H,2,8-12H2,1H3,(H,23,25). The summed E-state index contributed by atoms with van der Waals surface area (Å²) in [5, 5.41) is 12.4. The summed E-state index contributed by atoms with van der Waals surface area (Å²) in [5.41, 5.74) is 3.23. The third kappa shape index (κ3) is 3.91. The summed E-state index contributed by atoms with van der Waals surface area (Å²) in [6, 6.07) is 12.1. The maximum atomic E-state index is 12.6. The minimum atomic E-state index is -0.170. The molecule has 0 spiro atoms. The van der Waals surface area contributed by atoms with Crippen molar-refractivity contribution in [3.05, 3.63) is 47.0 Å². The van der Waals surface area contributed by atoms with E-state index in [1.54, 1.807) is 7.05 Å². The van der Waals surface area contributed by atoms with Gasteiger partial charge in [-0.25, -0.2) is 9.97 Å². The predicted octanol–water partition coefficient (Wildman–Crippen LogP) is 2.16. The molecule has 148 valence electrons. The molecular weight excluding hydrogens is 368 g/mol. The van der Waals surface area contributed by atoms with Gasteiger partial charge in [-0.3, -0.25) is 4.79 Å². The molecule has 0 radical (unpaired) electrons. The zero-order valence-electron chi connectivity index (χ0n) is 16.3. The van der Waals surface area contributed by atoms with Crippen LogP contribution >= 0.6 is 0 Å². The second-order valence-electron chi connectivity index (χ2n) is 6.89. The van der Waals surface area contributed by atoms with Crippen molar-refractivity contribution in [3.8, 4) is 17.3 Å². The number of aromatic nitrogens is 3. The van der Waals surface area contributed by atoms with E-state index in [4.69, 9.17) is 10.00 Å². The molecule has 1 N–H and O–H groups in total. The largest absolute Gasteiger partial charge is 0.378 e. The number of nitrogens with zero attached hydrogens (tertiary/aromatic N) is 5. The first-order valence-corrected chi connectivity index (χ1v) is 9.58. The molecule has 0 aliphatic carbocycles. The quantitative estimate of drug-likeness (QED) is 0.667. The maximum Gasteiger partial charge on any atom is 0.264 e. The number of anilines is 2. The van der Waals surface area contributed by atoms with E-state index in [1.807, 2.05) is 18.2 Å². The van der Waals surface area contributed by atoms with Crippen molar-refractivity contribution in [2.75, 3.05) is 43.1 Å². The maximum absolute atomic E-state index is 12.6. The fourth-order valence-electron chi connectivity index (χ4n) is 3.40. The highest BCUT2D eigenvalue weighted by atomic mass is 16.5. The van der Waals surface area contributed by atoms with Crippen molar-refractivity contribution in [3.63, 3.8) is 0 Å². The van der Waals surface area contributed by atoms with Crippen LogP contribution in [0.4, 0.5) is 11.5 Å². The topological polar surface area (TPSA) is 96.1 Å². The van der Waals surface area contributed by atoms with Crippen LogP contribution in [0.3, 0.4) is 0 Å². The molecule has 29 heavy (non-hydrogen) atoms. The van der Waals surface area contributed by atoms with Crippen molar-refractivity contribution in [2.45, 2.75) is 6.42 Å². The average Bonchev–Trinajstić information content (AvgIpc) is 2.77. The Bertz CT molecular complexity index is 1110. The van der Waals surface area contributed by atoms with Gasteiger partial charge in [0, 0.05) is 37.9 Å². The molecule has 1 fully saturated rings. The van der Waals surface area contributed by atoms with Gasteiger partial charge in [0.1, 0.15) is 11.2 Å². The lowest BCUT2D eigenvalue weighted by molar-refractivity contribution is 0.122. The van der Waals surface area contributed by atoms with E-state index in [2.05, 4.69) is 38.4 Å². The number of morpholine rings is 1. The summed E-state index contributed by atoms with van der Waals surface area (Å²) < 4.78 is 6.84. The Balaban J connectivity index is 1.72. The van der Waals surface area contributed by atoms with E-state index < -0.39 is 0 Å². The van der Waals surface area contributed by atoms with Crippen molar-refractivity contribution in [1.82, 2.24) is 14.5 Å². The molecule has 1 aromatic carbocycles. The second-order valence-corrected chi connectivity index (χ2v) is 6.89. The number of hydrogen-bond donors (Lipinski definition) is 1. The first-order chi connectivity index (χ1) is 14.2. The zero-order valence-corrected chi connectivity index (χ0v) is 16.3. The number of rotatable bonds is 5. The number of fused-ring (bicyclic) bond motifs is 1. The third-order valence-corrected chi connectivity index (χ3v) is 4.97. The van der Waals surface area contributed by atoms with Crippen molar-refractivity contribution in [1.29, 1.82) is 5.26 Å². The Hall–Kier alpha value is -3.44. The molecule has 3 heterocycles. The summed E-state index contributed by atoms with van der Waals surface area (Å²) in [7, 11) is 1.66. The van der Waals surface area contributed by atoms with E-state index in [9.17, 15) is 4.79 Å². The number of benzene rings is 1. The highest BCUT2D eigenvalue weighted by Crippen LogP contribution is 2.27. The Morgan fingerprint density at radius 3 is 2.72 bits per heavy atom. The van der Waals surface area contributed by atoms with Crippen molar-refractivity contribution < 1.29 is 4.74 Å². The Kier molecular flexibility index (Phi) is 5.40. The van der Waals surface area contributed by atoms with Gasteiger partial charge in [0.05, 0.1) is 43.2 Å². The molecule has 1 aliphatic rings. The minimum Gasteiger partial charge on any atom is -0.378 e. The molecule has 1 aliphatic heterocycles. The molecule has 4 rings (SSSR count). The molecule has 1 saturated heterocycles. The van der Waals surface area contributed by atoms with E-state index in [0.717, 1.165) is 43.2 Å². The number of aryl methyl sites for hydroxylation is 1. The molecule has 8 heteroatoms. The average molecular weight is 390 g/mol. The Morgan fingerprint density at radius 2 is 2.00 bits per heavy atom. The molecule has 2 aromatic heterocycles. The third-order valence-electron chi connectivity index (χ3n) is 4.97. The van der Waals surface area contributed by atoms with Gasteiger partial charge in [0.15, 0.2) is 0 Å². The first-order valence-electron chi connectivity index (χ1n) is 9.58. The Morgan fingerprint density at radius 1 is 1.24 bits per heavy atom. The number of ether oxygens (including phenoxy) is 1. The van der Waals surface area contributed by atoms with Crippen LogP contribution in [0.1, 0.15) is 6.42 Å². The van der Waals surface area contributed by atoms with Crippen LogP contribution in [0.15, 0.2) is 41.5 Å². The smallest absolute Gasteiger partial charge is 0.264 e. The van der Waals surface area contributed by atoms with Gasteiger partial charge < -0.3 is 19.5 Å². The van der Waals surface area contributed by atoms with Crippen molar-refractivity contribution >= 4 is 22.4 Å². The van der Waals surface area contributed by atoms with Crippen LogP contribution in [0.5, 0.6) is 0 Å². The predicted molar refractivity (Wildman–Crippen MR) is 112 cm³/mol. The van der Waals surface area contributed by atoms with Gasteiger partial charge in [-0.1, -0.05) is 12.1 Å². The Labute approximate surface area is 168 Å². The lowest BCUT2D eigenvalue weighted by Gasteiger charge is -2.28. The van der Waals surface area contributed by atoms with E-state index >= 15 is 0 Å². The summed E-state index contributed by atoms with van der Waals surface area (Å²) in [5.74, 6) is 0.457. The molecule has 3 aromatic rings. The molecule has 0 saturated carbocycles. The number of nitrogens with one attached hydrogen (secondary N) is 1. The van der Waals surface area contributed by atoms with E-state index in [1.165, 1.54) is 10.9 Å². The van der Waals surface area contributed by atoms with Crippen LogP contribution in [0.2, 0.25) is 0 Å². The molecule has 0 amide bonds. The highest BCUT2D eigenvalue weighted by molar-refractivity contribution is 5.91. The van der Waals surface area contributed by atoms with Crippen LogP contribution in [0, 0.1) is 11.3 Å². The lowest BCUT2D eigenvalue weighted by atomic mass is 10.1. The SMILES string of the molecule is Cn1cnc2cc(-c3ccc(N4CCOCC4)cc3)nc(NCCC#N)c2c1=O. The fourth-order valence-corrected chi connectivity index (χ4v) is 3.40. The number of nitriles is 1. The van der Waals surface area contributed by atoms with Crippen LogP contribution in [0.25, 0.3) is 22.2 Å². The fraction of sp³-hybridized carbons (Fsp3) is 0.333. The van der Waals surface area contributed by atoms with Gasteiger partial charge in [0.25, 0.3) is 5.56 Å². The van der Waals surface area contributed by atoms with Crippen molar-refractivity contribution in [2.24, 2.45) is 7.05 Å². The summed E-state index contributed by atoms with van der Waals surface area (Å²) >= 11 is 0. The second kappa shape index (κ2) is 8.29. The van der Waals surface area contributed by atoms with Crippen LogP contribution < -0.4 is 15.8 Å². The molecule has 0 unspecified atom stereocenters. The van der Waals surface area contributed by atoms with Crippen LogP contribution in [-0.4, -0.2) is 47.4 Å². The summed E-state index contributed by atoms with van der Waals surface area (Å²) in [4.78, 5) is 24.0. The zero-order chi connectivity index (χ0) is 20.2. The molecule has 8 nitrogen and oxygen atoms in total. The van der Waals surface area contributed by atoms with Gasteiger partial charge in [-0.15, -0.1) is 0 Å². The molecular formula is C21H22N6O2. The van der Waals surface area contributed by atoms with Gasteiger partial charge in [0.2, 0.25) is 0 Å². The van der Waals surface area contributed by atoms with Gasteiger partial charge in [-0.05, 0) is 18.2 Å². The molecule has 0 atom stereocenters. The van der Waals surface area contributed by atoms with Gasteiger partial charge >= 0.3 is 0 Å². The summed E-state index contributed by atoms with van der Waals surface area (Å²) in [6.45, 7) is 3.66. The molecule has 0 bridgehead atoms. The normalized spacial score (nSPS) is 14.0. The van der Waals surface area contributed by atoms with E-state index in [0.29, 0.717) is 29.7 Å².